The van der Waals surface area contributed by atoms with Gasteiger partial charge in [-0.2, -0.15) is 0 Å². The van der Waals surface area contributed by atoms with Crippen LogP contribution in [0.5, 0.6) is 0 Å². The number of amides is 2. The van der Waals surface area contributed by atoms with E-state index in [1.165, 1.54) is 6.42 Å². The smallest absolute Gasteiger partial charge is 0.399 e. The molecule has 2 amide bonds. The summed E-state index contributed by atoms with van der Waals surface area (Å²) in [5.74, 6) is 0.0219. The van der Waals surface area contributed by atoms with E-state index in [-0.39, 0.29) is 23.8 Å². The van der Waals surface area contributed by atoms with Gasteiger partial charge in [-0.05, 0) is 63.0 Å². The highest BCUT2D eigenvalue weighted by Crippen LogP contribution is 2.37. The molecule has 4 rings (SSSR count). The van der Waals surface area contributed by atoms with E-state index in [2.05, 4.69) is 5.32 Å². The largest absolute Gasteiger partial charge is 0.494 e. The van der Waals surface area contributed by atoms with Gasteiger partial charge in [0.1, 0.15) is 6.04 Å². The Morgan fingerprint density at radius 1 is 0.949 bits per heavy atom. The normalized spacial score (nSPS) is 19.6. The molecule has 1 N–H and O–H groups in total. The molecule has 2 aliphatic rings. The summed E-state index contributed by atoms with van der Waals surface area (Å²) in [5.41, 5.74) is 1.66. The van der Waals surface area contributed by atoms with Crippen molar-refractivity contribution in [1.29, 1.82) is 0 Å². The summed E-state index contributed by atoms with van der Waals surface area (Å²) in [6.07, 6.45) is 5.77. The molecule has 1 heterocycles. The molecule has 7 heteroatoms. The highest BCUT2D eigenvalue weighted by Gasteiger charge is 2.51. The van der Waals surface area contributed by atoms with Gasteiger partial charge in [0, 0.05) is 19.0 Å². The van der Waals surface area contributed by atoms with E-state index in [0.29, 0.717) is 13.0 Å². The second-order valence-corrected chi connectivity index (χ2v) is 12.6. The summed E-state index contributed by atoms with van der Waals surface area (Å²) >= 11 is 0. The van der Waals surface area contributed by atoms with Crippen LogP contribution in [0.4, 0.5) is 0 Å². The van der Waals surface area contributed by atoms with Gasteiger partial charge in [-0.25, -0.2) is 0 Å². The van der Waals surface area contributed by atoms with Crippen molar-refractivity contribution in [1.82, 2.24) is 10.2 Å². The molecule has 1 saturated carbocycles. The van der Waals surface area contributed by atoms with E-state index >= 15 is 0 Å². The molecule has 1 aliphatic carbocycles. The number of hydrogen-bond donors (Lipinski definition) is 1. The van der Waals surface area contributed by atoms with Crippen molar-refractivity contribution in [2.45, 2.75) is 110 Å². The van der Waals surface area contributed by atoms with E-state index in [4.69, 9.17) is 9.31 Å². The van der Waals surface area contributed by atoms with Crippen molar-refractivity contribution in [3.05, 3.63) is 65.7 Å². The molecule has 1 aliphatic heterocycles. The summed E-state index contributed by atoms with van der Waals surface area (Å²) in [4.78, 5) is 29.6. The number of carbonyl (C=O) groups is 2. The second kappa shape index (κ2) is 12.3. The molecule has 2 fully saturated rings. The van der Waals surface area contributed by atoms with Crippen LogP contribution in [0.25, 0.3) is 0 Å². The molecule has 210 valence electrons. The minimum Gasteiger partial charge on any atom is -0.399 e. The molecule has 0 radical (unpaired) electrons. The summed E-state index contributed by atoms with van der Waals surface area (Å²) in [5, 5.41) is 3.31. The van der Waals surface area contributed by atoms with Gasteiger partial charge in [0.05, 0.1) is 11.2 Å². The Labute approximate surface area is 235 Å². The Hall–Kier alpha value is -2.64. The minimum absolute atomic E-state index is 0.0290. The standard InChI is InChI=1S/C32H45BN2O4/c1-23(2)20-28(36)35(22-24-14-9-7-10-15-24)29(30(37)34-27-18-11-8-12-19-27)25-16-13-17-26(21-25)33-38-31(3,4)32(5,6)39-33/h7,9-10,13-17,21,23,27,29H,8,11-12,18-20,22H2,1-6H3,(H,34,37). The van der Waals surface area contributed by atoms with Crippen molar-refractivity contribution in [2.24, 2.45) is 5.92 Å². The van der Waals surface area contributed by atoms with Crippen molar-refractivity contribution in [2.75, 3.05) is 0 Å². The zero-order chi connectivity index (χ0) is 28.2. The molecule has 0 aromatic heterocycles. The molecular weight excluding hydrogens is 487 g/mol. The quantitative estimate of drug-likeness (QED) is 0.430. The number of nitrogens with zero attached hydrogens (tertiary/aromatic N) is 1. The fourth-order valence-corrected chi connectivity index (χ4v) is 5.42. The first-order chi connectivity index (χ1) is 18.5. The lowest BCUT2D eigenvalue weighted by atomic mass is 9.77. The third kappa shape index (κ3) is 7.12. The van der Waals surface area contributed by atoms with Crippen LogP contribution in [0.15, 0.2) is 54.6 Å². The zero-order valence-electron chi connectivity index (χ0n) is 24.5. The minimum atomic E-state index is -0.763. The lowest BCUT2D eigenvalue weighted by molar-refractivity contribution is -0.142. The van der Waals surface area contributed by atoms with Crippen LogP contribution in [-0.4, -0.2) is 41.1 Å². The number of rotatable bonds is 9. The monoisotopic (exact) mass is 532 g/mol. The molecule has 2 aromatic carbocycles. The second-order valence-electron chi connectivity index (χ2n) is 12.6. The van der Waals surface area contributed by atoms with E-state index in [0.717, 1.165) is 42.3 Å². The van der Waals surface area contributed by atoms with Gasteiger partial charge in [0.2, 0.25) is 11.8 Å². The van der Waals surface area contributed by atoms with Gasteiger partial charge in [-0.3, -0.25) is 9.59 Å². The van der Waals surface area contributed by atoms with Crippen LogP contribution in [-0.2, 0) is 25.4 Å². The fourth-order valence-electron chi connectivity index (χ4n) is 5.42. The summed E-state index contributed by atoms with van der Waals surface area (Å²) in [6.45, 7) is 12.6. The molecule has 1 saturated heterocycles. The van der Waals surface area contributed by atoms with Crippen molar-refractivity contribution in [3.8, 4) is 0 Å². The van der Waals surface area contributed by atoms with E-state index < -0.39 is 24.4 Å². The highest BCUT2D eigenvalue weighted by molar-refractivity contribution is 6.62. The first-order valence-corrected chi connectivity index (χ1v) is 14.6. The molecule has 0 bridgehead atoms. The first kappa shape index (κ1) is 29.4. The molecule has 39 heavy (non-hydrogen) atoms. The highest BCUT2D eigenvalue weighted by atomic mass is 16.7. The third-order valence-corrected chi connectivity index (χ3v) is 8.36. The van der Waals surface area contributed by atoms with E-state index in [1.54, 1.807) is 4.90 Å². The van der Waals surface area contributed by atoms with Crippen molar-refractivity contribution >= 4 is 24.4 Å². The average molecular weight is 533 g/mol. The van der Waals surface area contributed by atoms with Crippen molar-refractivity contribution < 1.29 is 18.9 Å². The Morgan fingerprint density at radius 3 is 2.21 bits per heavy atom. The summed E-state index contributed by atoms with van der Waals surface area (Å²) in [7, 11) is -0.550. The predicted octanol–water partition coefficient (Wildman–Crippen LogP) is 5.55. The molecule has 6 nitrogen and oxygen atoms in total. The Morgan fingerprint density at radius 2 is 1.59 bits per heavy atom. The number of hydrogen-bond acceptors (Lipinski definition) is 4. The maximum absolute atomic E-state index is 14.1. The van der Waals surface area contributed by atoms with Crippen LogP contribution < -0.4 is 10.8 Å². The molecule has 2 aromatic rings. The Kier molecular flexibility index (Phi) is 9.23. The molecular formula is C32H45BN2O4. The van der Waals surface area contributed by atoms with Crippen LogP contribution in [0.3, 0.4) is 0 Å². The van der Waals surface area contributed by atoms with Gasteiger partial charge in [-0.1, -0.05) is 87.7 Å². The average Bonchev–Trinajstić information content (AvgIpc) is 3.11. The van der Waals surface area contributed by atoms with Gasteiger partial charge in [0.25, 0.3) is 0 Å². The lowest BCUT2D eigenvalue weighted by Crippen LogP contribution is -2.47. The van der Waals surface area contributed by atoms with Gasteiger partial charge in [0.15, 0.2) is 0 Å². The van der Waals surface area contributed by atoms with Crippen LogP contribution in [0.1, 0.15) is 97.2 Å². The SMILES string of the molecule is CC(C)CC(=O)N(Cc1ccccc1)C(C(=O)NC1CCCCC1)c1cccc(B2OC(C)(C)C(C)(C)O2)c1. The predicted molar refractivity (Wildman–Crippen MR) is 156 cm³/mol. The molecule has 1 unspecified atom stereocenters. The maximum atomic E-state index is 14.1. The van der Waals surface area contributed by atoms with Crippen LogP contribution >= 0.6 is 0 Å². The van der Waals surface area contributed by atoms with Gasteiger partial charge >= 0.3 is 7.12 Å². The third-order valence-electron chi connectivity index (χ3n) is 8.36. The molecule has 1 atom stereocenters. The summed E-state index contributed by atoms with van der Waals surface area (Å²) < 4.78 is 12.6. The number of benzene rings is 2. The fraction of sp³-hybridized carbons (Fsp3) is 0.562. The van der Waals surface area contributed by atoms with Gasteiger partial charge < -0.3 is 19.5 Å². The number of nitrogens with one attached hydrogen (secondary N) is 1. The maximum Gasteiger partial charge on any atom is 0.494 e. The van der Waals surface area contributed by atoms with Crippen LogP contribution in [0.2, 0.25) is 0 Å². The Balaban J connectivity index is 1.72. The Bertz CT molecular complexity index is 1110. The van der Waals surface area contributed by atoms with Crippen molar-refractivity contribution in [3.63, 3.8) is 0 Å². The molecule has 0 spiro atoms. The first-order valence-electron chi connectivity index (χ1n) is 14.6. The lowest BCUT2D eigenvalue weighted by Gasteiger charge is -2.34. The van der Waals surface area contributed by atoms with Gasteiger partial charge in [-0.15, -0.1) is 0 Å². The van der Waals surface area contributed by atoms with E-state index in [9.17, 15) is 9.59 Å². The zero-order valence-corrected chi connectivity index (χ0v) is 24.5. The van der Waals surface area contributed by atoms with E-state index in [1.807, 2.05) is 96.1 Å². The summed E-state index contributed by atoms with van der Waals surface area (Å²) in [6, 6.07) is 17.1. The topological polar surface area (TPSA) is 67.9 Å². The van der Waals surface area contributed by atoms with Crippen LogP contribution in [0, 0.1) is 5.92 Å². The number of carbonyl (C=O) groups excluding carboxylic acids is 2.